The summed E-state index contributed by atoms with van der Waals surface area (Å²) in [6, 6.07) is 1.94. The SMILES string of the molecule is Cc1cc2ncc(C(=O)NCC(N)C3CC3)c(C)n2n1. The van der Waals surface area contributed by atoms with Gasteiger partial charge in [0.05, 0.1) is 17.0 Å². The number of carbonyl (C=O) groups excluding carboxylic acids is 1. The van der Waals surface area contributed by atoms with Crippen molar-refractivity contribution in [3.63, 3.8) is 0 Å². The highest BCUT2D eigenvalue weighted by atomic mass is 16.1. The van der Waals surface area contributed by atoms with Gasteiger partial charge < -0.3 is 11.1 Å². The fourth-order valence-electron chi connectivity index (χ4n) is 2.38. The van der Waals surface area contributed by atoms with Gasteiger partial charge >= 0.3 is 0 Å². The molecule has 1 atom stereocenters. The normalized spacial score (nSPS) is 16.4. The van der Waals surface area contributed by atoms with Gasteiger partial charge in [0.25, 0.3) is 5.91 Å². The Kier molecular flexibility index (Phi) is 3.17. The van der Waals surface area contributed by atoms with Gasteiger partial charge in [0.1, 0.15) is 0 Å². The number of nitrogens with zero attached hydrogens (tertiary/aromatic N) is 3. The first-order valence-corrected chi connectivity index (χ1v) is 6.92. The van der Waals surface area contributed by atoms with Crippen LogP contribution >= 0.6 is 0 Å². The van der Waals surface area contributed by atoms with Crippen LogP contribution in [0.4, 0.5) is 0 Å². The van der Waals surface area contributed by atoms with Crippen molar-refractivity contribution in [3.05, 3.63) is 29.2 Å². The van der Waals surface area contributed by atoms with E-state index in [0.29, 0.717) is 18.0 Å². The van der Waals surface area contributed by atoms with E-state index in [2.05, 4.69) is 15.4 Å². The summed E-state index contributed by atoms with van der Waals surface area (Å²) in [6.07, 6.45) is 3.95. The summed E-state index contributed by atoms with van der Waals surface area (Å²) in [4.78, 5) is 16.5. The molecule has 1 unspecified atom stereocenters. The second-order valence-electron chi connectivity index (χ2n) is 5.52. The van der Waals surface area contributed by atoms with Crippen LogP contribution < -0.4 is 11.1 Å². The third kappa shape index (κ3) is 2.38. The monoisotopic (exact) mass is 273 g/mol. The highest BCUT2D eigenvalue weighted by Gasteiger charge is 2.28. The number of rotatable bonds is 4. The maximum Gasteiger partial charge on any atom is 0.254 e. The van der Waals surface area contributed by atoms with Crippen LogP contribution in [0, 0.1) is 19.8 Å². The number of hydrogen-bond donors (Lipinski definition) is 2. The Bertz CT molecular complexity index is 659. The predicted octanol–water partition coefficient (Wildman–Crippen LogP) is 0.813. The minimum atomic E-state index is -0.138. The maximum absolute atomic E-state index is 12.2. The first-order valence-electron chi connectivity index (χ1n) is 6.92. The molecule has 6 heteroatoms. The Hall–Kier alpha value is -1.95. The Morgan fingerprint density at radius 3 is 3.00 bits per heavy atom. The number of nitrogens with one attached hydrogen (secondary N) is 1. The number of nitrogens with two attached hydrogens (primary N) is 1. The van der Waals surface area contributed by atoms with Gasteiger partial charge in [0.15, 0.2) is 5.65 Å². The molecule has 1 aliphatic carbocycles. The van der Waals surface area contributed by atoms with Crippen molar-refractivity contribution >= 4 is 11.6 Å². The van der Waals surface area contributed by atoms with E-state index >= 15 is 0 Å². The van der Waals surface area contributed by atoms with Gasteiger partial charge in [-0.05, 0) is 32.6 Å². The molecule has 0 radical (unpaired) electrons. The van der Waals surface area contributed by atoms with Crippen LogP contribution in [0.2, 0.25) is 0 Å². The minimum absolute atomic E-state index is 0.0582. The fraction of sp³-hybridized carbons (Fsp3) is 0.500. The van der Waals surface area contributed by atoms with Gasteiger partial charge in [0.2, 0.25) is 0 Å². The van der Waals surface area contributed by atoms with Crippen LogP contribution in [0.1, 0.15) is 34.6 Å². The standard InChI is InChI=1S/C14H19N5O/c1-8-5-13-16-6-11(9(2)19(13)18-8)14(20)17-7-12(15)10-3-4-10/h5-6,10,12H,3-4,7,15H2,1-2H3,(H,17,20). The third-order valence-corrected chi connectivity index (χ3v) is 3.82. The molecule has 0 saturated heterocycles. The number of amides is 1. The quantitative estimate of drug-likeness (QED) is 0.863. The van der Waals surface area contributed by atoms with Crippen LogP contribution in [0.15, 0.2) is 12.3 Å². The van der Waals surface area contributed by atoms with Crippen molar-refractivity contribution in [3.8, 4) is 0 Å². The molecule has 2 aromatic heterocycles. The minimum Gasteiger partial charge on any atom is -0.350 e. The summed E-state index contributed by atoms with van der Waals surface area (Å²) in [5, 5.41) is 7.23. The predicted molar refractivity (Wildman–Crippen MR) is 75.5 cm³/mol. The summed E-state index contributed by atoms with van der Waals surface area (Å²) >= 11 is 0. The summed E-state index contributed by atoms with van der Waals surface area (Å²) in [5.41, 5.74) is 8.97. The first kappa shape index (κ1) is 13.1. The molecule has 3 rings (SSSR count). The zero-order valence-corrected chi connectivity index (χ0v) is 11.8. The van der Waals surface area contributed by atoms with E-state index in [9.17, 15) is 4.79 Å². The van der Waals surface area contributed by atoms with E-state index in [1.165, 1.54) is 12.8 Å². The lowest BCUT2D eigenvalue weighted by molar-refractivity contribution is 0.0948. The number of hydrogen-bond acceptors (Lipinski definition) is 4. The molecule has 0 aromatic carbocycles. The molecule has 1 saturated carbocycles. The Morgan fingerprint density at radius 2 is 2.30 bits per heavy atom. The van der Waals surface area contributed by atoms with Crippen LogP contribution in [-0.2, 0) is 0 Å². The fourth-order valence-corrected chi connectivity index (χ4v) is 2.38. The van der Waals surface area contributed by atoms with Crippen molar-refractivity contribution in [2.24, 2.45) is 11.7 Å². The zero-order chi connectivity index (χ0) is 14.3. The van der Waals surface area contributed by atoms with E-state index in [1.54, 1.807) is 10.7 Å². The highest BCUT2D eigenvalue weighted by Crippen LogP contribution is 2.31. The Balaban J connectivity index is 1.78. The van der Waals surface area contributed by atoms with Gasteiger partial charge in [-0.2, -0.15) is 5.10 Å². The molecule has 0 bridgehead atoms. The Morgan fingerprint density at radius 1 is 1.55 bits per heavy atom. The van der Waals surface area contributed by atoms with E-state index in [1.807, 2.05) is 19.9 Å². The van der Waals surface area contributed by atoms with E-state index < -0.39 is 0 Å². The van der Waals surface area contributed by atoms with Crippen molar-refractivity contribution < 1.29 is 4.79 Å². The number of carbonyl (C=O) groups is 1. The number of aryl methyl sites for hydroxylation is 2. The van der Waals surface area contributed by atoms with Crippen LogP contribution in [0.3, 0.4) is 0 Å². The highest BCUT2D eigenvalue weighted by molar-refractivity contribution is 5.95. The molecule has 0 spiro atoms. The van der Waals surface area contributed by atoms with E-state index in [0.717, 1.165) is 17.0 Å². The molecular formula is C14H19N5O. The van der Waals surface area contributed by atoms with Gasteiger partial charge in [-0.25, -0.2) is 9.50 Å². The molecule has 0 aliphatic heterocycles. The lowest BCUT2D eigenvalue weighted by Gasteiger charge is -2.12. The van der Waals surface area contributed by atoms with Crippen LogP contribution in [-0.4, -0.2) is 33.1 Å². The van der Waals surface area contributed by atoms with Gasteiger partial charge in [-0.15, -0.1) is 0 Å². The molecule has 2 aromatic rings. The van der Waals surface area contributed by atoms with Crippen molar-refractivity contribution in [1.82, 2.24) is 19.9 Å². The molecule has 20 heavy (non-hydrogen) atoms. The molecule has 106 valence electrons. The summed E-state index contributed by atoms with van der Waals surface area (Å²) < 4.78 is 1.70. The molecular weight excluding hydrogens is 254 g/mol. The van der Waals surface area contributed by atoms with Gasteiger partial charge in [0, 0.05) is 24.8 Å². The average Bonchev–Trinajstić information content (AvgIpc) is 3.19. The third-order valence-electron chi connectivity index (χ3n) is 3.82. The summed E-state index contributed by atoms with van der Waals surface area (Å²) in [7, 11) is 0. The second-order valence-corrected chi connectivity index (χ2v) is 5.52. The Labute approximate surface area is 117 Å². The number of aromatic nitrogens is 3. The zero-order valence-electron chi connectivity index (χ0n) is 11.8. The lowest BCUT2D eigenvalue weighted by atomic mass is 10.2. The topological polar surface area (TPSA) is 85.3 Å². The number of fused-ring (bicyclic) bond motifs is 1. The maximum atomic E-state index is 12.2. The van der Waals surface area contributed by atoms with Crippen LogP contribution in [0.5, 0.6) is 0 Å². The largest absolute Gasteiger partial charge is 0.350 e. The molecule has 2 heterocycles. The van der Waals surface area contributed by atoms with Crippen molar-refractivity contribution in [1.29, 1.82) is 0 Å². The van der Waals surface area contributed by atoms with Gasteiger partial charge in [-0.1, -0.05) is 0 Å². The van der Waals surface area contributed by atoms with E-state index in [-0.39, 0.29) is 11.9 Å². The molecule has 1 amide bonds. The molecule has 1 aliphatic rings. The summed E-state index contributed by atoms with van der Waals surface area (Å²) in [5.74, 6) is 0.437. The second kappa shape index (κ2) is 4.86. The average molecular weight is 273 g/mol. The van der Waals surface area contributed by atoms with E-state index in [4.69, 9.17) is 5.73 Å². The molecule has 6 nitrogen and oxygen atoms in total. The van der Waals surface area contributed by atoms with Crippen LogP contribution in [0.25, 0.3) is 5.65 Å². The smallest absolute Gasteiger partial charge is 0.254 e. The van der Waals surface area contributed by atoms with Crippen molar-refractivity contribution in [2.45, 2.75) is 32.7 Å². The molecule has 3 N–H and O–H groups in total. The van der Waals surface area contributed by atoms with Crippen molar-refractivity contribution in [2.75, 3.05) is 6.54 Å². The first-order chi connectivity index (χ1) is 9.56. The molecule has 1 fully saturated rings. The summed E-state index contributed by atoms with van der Waals surface area (Å²) in [6.45, 7) is 4.29. The lowest BCUT2D eigenvalue weighted by Crippen LogP contribution is -2.39. The van der Waals surface area contributed by atoms with Gasteiger partial charge in [-0.3, -0.25) is 4.79 Å².